The highest BCUT2D eigenvalue weighted by Crippen LogP contribution is 2.23. The third-order valence-corrected chi connectivity index (χ3v) is 3.61. The second kappa shape index (κ2) is 7.60. The summed E-state index contributed by atoms with van der Waals surface area (Å²) in [5.74, 6) is 1.88. The molecular formula is C14H25N3O2. The van der Waals surface area contributed by atoms with Crippen molar-refractivity contribution in [2.24, 2.45) is 0 Å². The Morgan fingerprint density at radius 3 is 3.00 bits per heavy atom. The molecule has 0 saturated carbocycles. The average molecular weight is 267 g/mol. The molecular weight excluding hydrogens is 242 g/mol. The van der Waals surface area contributed by atoms with E-state index < -0.39 is 0 Å². The summed E-state index contributed by atoms with van der Waals surface area (Å²) in [4.78, 5) is 4.53. The molecule has 5 heteroatoms. The molecule has 2 heterocycles. The lowest BCUT2D eigenvalue weighted by molar-refractivity contribution is 0.0773. The van der Waals surface area contributed by atoms with Gasteiger partial charge in [0.25, 0.3) is 0 Å². The van der Waals surface area contributed by atoms with Gasteiger partial charge in [0.1, 0.15) is 0 Å². The second-order valence-corrected chi connectivity index (χ2v) is 5.22. The van der Waals surface area contributed by atoms with Gasteiger partial charge in [0.15, 0.2) is 5.82 Å². The molecule has 2 unspecified atom stereocenters. The zero-order chi connectivity index (χ0) is 13.5. The third-order valence-electron chi connectivity index (χ3n) is 3.61. The fourth-order valence-electron chi connectivity index (χ4n) is 2.38. The second-order valence-electron chi connectivity index (χ2n) is 5.22. The van der Waals surface area contributed by atoms with Crippen LogP contribution >= 0.6 is 0 Å². The van der Waals surface area contributed by atoms with Crippen LogP contribution in [-0.4, -0.2) is 35.9 Å². The molecule has 1 saturated heterocycles. The van der Waals surface area contributed by atoms with E-state index in [0.717, 1.165) is 63.6 Å². The number of nitrogens with zero attached hydrogens (tertiary/aromatic N) is 2. The Morgan fingerprint density at radius 2 is 2.32 bits per heavy atom. The summed E-state index contributed by atoms with van der Waals surface area (Å²) in [5.41, 5.74) is 0. The SMILES string of the molecule is CCCNC(CC)Cc1nc(C2CCCOC2)no1. The molecule has 0 aromatic carbocycles. The maximum atomic E-state index is 5.47. The van der Waals surface area contributed by atoms with E-state index >= 15 is 0 Å². The first-order chi connectivity index (χ1) is 9.33. The van der Waals surface area contributed by atoms with Crippen molar-refractivity contribution in [1.82, 2.24) is 15.5 Å². The summed E-state index contributed by atoms with van der Waals surface area (Å²) in [6.45, 7) is 6.98. The zero-order valence-electron chi connectivity index (χ0n) is 12.0. The normalized spacial score (nSPS) is 21.5. The molecule has 19 heavy (non-hydrogen) atoms. The molecule has 0 bridgehead atoms. The van der Waals surface area contributed by atoms with Crippen LogP contribution in [0.5, 0.6) is 0 Å². The smallest absolute Gasteiger partial charge is 0.228 e. The maximum Gasteiger partial charge on any atom is 0.228 e. The summed E-state index contributed by atoms with van der Waals surface area (Å²) in [6, 6.07) is 0.427. The largest absolute Gasteiger partial charge is 0.381 e. The predicted octanol–water partition coefficient (Wildman–Crippen LogP) is 2.28. The lowest BCUT2D eigenvalue weighted by atomic mass is 10.0. The van der Waals surface area contributed by atoms with Crippen molar-refractivity contribution >= 4 is 0 Å². The molecule has 1 N–H and O–H groups in total. The maximum absolute atomic E-state index is 5.47. The highest BCUT2D eigenvalue weighted by Gasteiger charge is 2.22. The summed E-state index contributed by atoms with van der Waals surface area (Å²) in [5, 5.41) is 7.62. The Bertz CT molecular complexity index is 361. The quantitative estimate of drug-likeness (QED) is 0.821. The van der Waals surface area contributed by atoms with E-state index in [1.807, 2.05) is 0 Å². The van der Waals surface area contributed by atoms with Crippen LogP contribution in [0.4, 0.5) is 0 Å². The van der Waals surface area contributed by atoms with Crippen LogP contribution in [0, 0.1) is 0 Å². The van der Waals surface area contributed by atoms with E-state index in [4.69, 9.17) is 9.26 Å². The van der Waals surface area contributed by atoms with Crippen LogP contribution in [0.2, 0.25) is 0 Å². The number of nitrogens with one attached hydrogen (secondary N) is 1. The van der Waals surface area contributed by atoms with Crippen LogP contribution in [0.3, 0.4) is 0 Å². The molecule has 0 spiro atoms. The Hall–Kier alpha value is -0.940. The van der Waals surface area contributed by atoms with E-state index in [1.165, 1.54) is 0 Å². The molecule has 1 aromatic rings. The van der Waals surface area contributed by atoms with Crippen molar-refractivity contribution in [2.45, 2.75) is 57.9 Å². The first kappa shape index (κ1) is 14.5. The van der Waals surface area contributed by atoms with E-state index in [0.29, 0.717) is 12.0 Å². The molecule has 2 rings (SSSR count). The van der Waals surface area contributed by atoms with Gasteiger partial charge >= 0.3 is 0 Å². The summed E-state index contributed by atoms with van der Waals surface area (Å²) < 4.78 is 10.8. The summed E-state index contributed by atoms with van der Waals surface area (Å²) in [6.07, 6.45) is 5.22. The molecule has 108 valence electrons. The third kappa shape index (κ3) is 4.28. The minimum absolute atomic E-state index is 0.315. The molecule has 1 aliphatic heterocycles. The number of hydrogen-bond donors (Lipinski definition) is 1. The van der Waals surface area contributed by atoms with E-state index in [2.05, 4.69) is 29.3 Å². The van der Waals surface area contributed by atoms with E-state index in [1.54, 1.807) is 0 Å². The van der Waals surface area contributed by atoms with Gasteiger partial charge in [0.2, 0.25) is 5.89 Å². The highest BCUT2D eigenvalue weighted by molar-refractivity contribution is 4.97. The van der Waals surface area contributed by atoms with Gasteiger partial charge in [0, 0.05) is 25.0 Å². The Kier molecular flexibility index (Phi) is 5.79. The van der Waals surface area contributed by atoms with Crippen LogP contribution in [0.15, 0.2) is 4.52 Å². The highest BCUT2D eigenvalue weighted by atomic mass is 16.5. The van der Waals surface area contributed by atoms with Gasteiger partial charge < -0.3 is 14.6 Å². The van der Waals surface area contributed by atoms with Crippen molar-refractivity contribution < 1.29 is 9.26 Å². The molecule has 1 aromatic heterocycles. The molecule has 2 atom stereocenters. The lowest BCUT2D eigenvalue weighted by Gasteiger charge is -2.18. The number of hydrogen-bond acceptors (Lipinski definition) is 5. The van der Waals surface area contributed by atoms with Crippen molar-refractivity contribution in [3.63, 3.8) is 0 Å². The summed E-state index contributed by atoms with van der Waals surface area (Å²) in [7, 11) is 0. The lowest BCUT2D eigenvalue weighted by Crippen LogP contribution is -2.31. The monoisotopic (exact) mass is 267 g/mol. The van der Waals surface area contributed by atoms with E-state index in [9.17, 15) is 0 Å². The van der Waals surface area contributed by atoms with Gasteiger partial charge in [-0.15, -0.1) is 0 Å². The van der Waals surface area contributed by atoms with E-state index in [-0.39, 0.29) is 0 Å². The fraction of sp³-hybridized carbons (Fsp3) is 0.857. The van der Waals surface area contributed by atoms with Crippen LogP contribution < -0.4 is 5.32 Å². The molecule has 5 nitrogen and oxygen atoms in total. The van der Waals surface area contributed by atoms with Gasteiger partial charge in [-0.3, -0.25) is 0 Å². The standard InChI is InChI=1S/C14H25N3O2/c1-3-7-15-12(4-2)9-13-16-14(17-19-13)11-6-5-8-18-10-11/h11-12,15H,3-10H2,1-2H3. The number of ether oxygens (including phenoxy) is 1. The van der Waals surface area contributed by atoms with Crippen molar-refractivity contribution in [1.29, 1.82) is 0 Å². The predicted molar refractivity (Wildman–Crippen MR) is 73.2 cm³/mol. The van der Waals surface area contributed by atoms with Gasteiger partial charge in [0.05, 0.1) is 6.61 Å². The number of rotatable bonds is 7. The Labute approximate surface area is 115 Å². The van der Waals surface area contributed by atoms with Crippen molar-refractivity contribution in [3.05, 3.63) is 11.7 Å². The van der Waals surface area contributed by atoms with Crippen molar-refractivity contribution in [2.75, 3.05) is 19.8 Å². The zero-order valence-corrected chi connectivity index (χ0v) is 12.0. The van der Waals surface area contributed by atoms with Crippen LogP contribution in [0.1, 0.15) is 57.2 Å². The van der Waals surface area contributed by atoms with Crippen LogP contribution in [0.25, 0.3) is 0 Å². The molecule has 0 aliphatic carbocycles. The van der Waals surface area contributed by atoms with Gasteiger partial charge in [-0.25, -0.2) is 0 Å². The minimum Gasteiger partial charge on any atom is -0.381 e. The molecule has 0 amide bonds. The van der Waals surface area contributed by atoms with Crippen LogP contribution in [-0.2, 0) is 11.2 Å². The summed E-state index contributed by atoms with van der Waals surface area (Å²) >= 11 is 0. The van der Waals surface area contributed by atoms with Crippen molar-refractivity contribution in [3.8, 4) is 0 Å². The Balaban J connectivity index is 1.88. The van der Waals surface area contributed by atoms with Gasteiger partial charge in [-0.2, -0.15) is 4.98 Å². The number of aromatic nitrogens is 2. The Morgan fingerprint density at radius 1 is 1.42 bits per heavy atom. The molecule has 0 radical (unpaired) electrons. The molecule has 1 fully saturated rings. The minimum atomic E-state index is 0.315. The molecule has 1 aliphatic rings. The van der Waals surface area contributed by atoms with Gasteiger partial charge in [-0.1, -0.05) is 19.0 Å². The van der Waals surface area contributed by atoms with Gasteiger partial charge in [-0.05, 0) is 32.2 Å². The first-order valence-electron chi connectivity index (χ1n) is 7.47. The fourth-order valence-corrected chi connectivity index (χ4v) is 2.38. The average Bonchev–Trinajstić information content (AvgIpc) is 2.93. The topological polar surface area (TPSA) is 60.2 Å². The first-order valence-corrected chi connectivity index (χ1v) is 7.47.